The maximum absolute atomic E-state index is 12.9. The van der Waals surface area contributed by atoms with Crippen LogP contribution < -0.4 is 5.32 Å². The van der Waals surface area contributed by atoms with Gasteiger partial charge < -0.3 is 14.8 Å². The van der Waals surface area contributed by atoms with E-state index in [1.807, 2.05) is 0 Å². The van der Waals surface area contributed by atoms with Crippen molar-refractivity contribution in [2.45, 2.75) is 43.5 Å². The number of amides is 1. The van der Waals surface area contributed by atoms with E-state index in [9.17, 15) is 18.0 Å². The summed E-state index contributed by atoms with van der Waals surface area (Å²) in [7, 11) is -3.66. The van der Waals surface area contributed by atoms with E-state index in [1.165, 1.54) is 28.6 Å². The van der Waals surface area contributed by atoms with Crippen molar-refractivity contribution in [3.8, 4) is 0 Å². The summed E-state index contributed by atoms with van der Waals surface area (Å²) in [6.45, 7) is 3.84. The number of nitrogens with zero attached hydrogens (tertiary/aromatic N) is 1. The molecule has 3 rings (SSSR count). The Labute approximate surface area is 171 Å². The molecular formula is C20H28N2O6S. The van der Waals surface area contributed by atoms with Crippen LogP contribution in [0, 0.1) is 5.92 Å². The van der Waals surface area contributed by atoms with E-state index in [0.717, 1.165) is 19.4 Å². The predicted octanol–water partition coefficient (Wildman–Crippen LogP) is 1.56. The number of carbonyl (C=O) groups is 2. The van der Waals surface area contributed by atoms with Crippen LogP contribution >= 0.6 is 0 Å². The van der Waals surface area contributed by atoms with Crippen molar-refractivity contribution >= 4 is 21.9 Å². The number of hydrogen-bond donors (Lipinski definition) is 1. The van der Waals surface area contributed by atoms with Crippen LogP contribution in [-0.4, -0.2) is 63.6 Å². The normalized spacial score (nSPS) is 21.5. The highest BCUT2D eigenvalue weighted by molar-refractivity contribution is 7.89. The van der Waals surface area contributed by atoms with E-state index in [0.29, 0.717) is 38.1 Å². The van der Waals surface area contributed by atoms with Crippen molar-refractivity contribution in [1.29, 1.82) is 0 Å². The van der Waals surface area contributed by atoms with Crippen LogP contribution in [-0.2, 0) is 24.3 Å². The van der Waals surface area contributed by atoms with E-state index in [4.69, 9.17) is 9.47 Å². The molecular weight excluding hydrogens is 396 g/mol. The third kappa shape index (κ3) is 5.34. The summed E-state index contributed by atoms with van der Waals surface area (Å²) in [5.41, 5.74) is 0.313. The van der Waals surface area contributed by atoms with Gasteiger partial charge in [-0.05, 0) is 56.9 Å². The van der Waals surface area contributed by atoms with Crippen LogP contribution in [0.25, 0.3) is 0 Å². The number of hydrogen-bond acceptors (Lipinski definition) is 6. The van der Waals surface area contributed by atoms with Crippen molar-refractivity contribution in [2.75, 3.05) is 32.9 Å². The average Bonchev–Trinajstić information content (AvgIpc) is 2.75. The Morgan fingerprint density at radius 3 is 2.45 bits per heavy atom. The van der Waals surface area contributed by atoms with E-state index in [2.05, 4.69) is 5.32 Å². The highest BCUT2D eigenvalue weighted by Gasteiger charge is 2.33. The fourth-order valence-electron chi connectivity index (χ4n) is 3.66. The number of sulfonamides is 1. The number of benzene rings is 1. The molecule has 9 heteroatoms. The molecule has 0 bridgehead atoms. The Morgan fingerprint density at radius 1 is 1.17 bits per heavy atom. The van der Waals surface area contributed by atoms with Crippen LogP contribution in [0.15, 0.2) is 29.2 Å². The van der Waals surface area contributed by atoms with Gasteiger partial charge in [0.1, 0.15) is 0 Å². The summed E-state index contributed by atoms with van der Waals surface area (Å²) >= 11 is 0. The number of piperidine rings is 1. The van der Waals surface area contributed by atoms with E-state index in [-0.39, 0.29) is 29.4 Å². The minimum Gasteiger partial charge on any atom is -0.462 e. The Hall–Kier alpha value is -1.97. The molecule has 1 atom stereocenters. The average molecular weight is 425 g/mol. The summed E-state index contributed by atoms with van der Waals surface area (Å²) in [6.07, 6.45) is 2.83. The van der Waals surface area contributed by atoms with Gasteiger partial charge in [-0.25, -0.2) is 13.2 Å². The van der Waals surface area contributed by atoms with Crippen molar-refractivity contribution in [2.24, 2.45) is 5.92 Å². The zero-order valence-electron chi connectivity index (χ0n) is 16.6. The molecule has 2 aliphatic rings. The Morgan fingerprint density at radius 2 is 1.86 bits per heavy atom. The molecule has 2 saturated heterocycles. The highest BCUT2D eigenvalue weighted by atomic mass is 32.2. The van der Waals surface area contributed by atoms with Gasteiger partial charge in [-0.15, -0.1) is 0 Å². The van der Waals surface area contributed by atoms with Gasteiger partial charge >= 0.3 is 5.97 Å². The second kappa shape index (κ2) is 9.69. The highest BCUT2D eigenvalue weighted by Crippen LogP contribution is 2.24. The van der Waals surface area contributed by atoms with Gasteiger partial charge in [0.05, 0.1) is 29.7 Å². The fourth-order valence-corrected chi connectivity index (χ4v) is 5.13. The third-order valence-electron chi connectivity index (χ3n) is 5.33. The minimum absolute atomic E-state index is 0.0173. The first kappa shape index (κ1) is 21.7. The lowest BCUT2D eigenvalue weighted by Crippen LogP contribution is -2.47. The fraction of sp³-hybridized carbons (Fsp3) is 0.600. The first-order valence-corrected chi connectivity index (χ1v) is 11.5. The lowest BCUT2D eigenvalue weighted by molar-refractivity contribution is -0.127. The number of carbonyl (C=O) groups excluding carboxylic acids is 2. The standard InChI is InChI=1S/C20H28N2O6S/c1-2-28-20(24)16-5-7-18(8-6-16)29(25,26)22-11-9-15(10-12-22)19(23)21-17-4-3-13-27-14-17/h5-8,15,17H,2-4,9-14H2,1H3,(H,21,23). The molecule has 0 spiro atoms. The number of nitrogens with one attached hydrogen (secondary N) is 1. The van der Waals surface area contributed by atoms with Gasteiger partial charge in [0.15, 0.2) is 0 Å². The SMILES string of the molecule is CCOC(=O)c1ccc(S(=O)(=O)N2CCC(C(=O)NC3CCCOC3)CC2)cc1. The summed E-state index contributed by atoms with van der Waals surface area (Å²) in [6, 6.07) is 5.80. The van der Waals surface area contributed by atoms with Crippen LogP contribution in [0.2, 0.25) is 0 Å². The molecule has 2 aliphatic heterocycles. The predicted molar refractivity (Wildman–Crippen MR) is 106 cm³/mol. The van der Waals surface area contributed by atoms with Gasteiger partial charge in [0, 0.05) is 25.6 Å². The van der Waals surface area contributed by atoms with Gasteiger partial charge in [-0.3, -0.25) is 4.79 Å². The second-order valence-electron chi connectivity index (χ2n) is 7.35. The smallest absolute Gasteiger partial charge is 0.338 e. The molecule has 2 heterocycles. The van der Waals surface area contributed by atoms with Crippen LogP contribution in [0.1, 0.15) is 43.0 Å². The maximum atomic E-state index is 12.9. The van der Waals surface area contributed by atoms with Crippen molar-refractivity contribution in [3.63, 3.8) is 0 Å². The monoisotopic (exact) mass is 424 g/mol. The number of esters is 1. The van der Waals surface area contributed by atoms with Gasteiger partial charge in [-0.2, -0.15) is 4.31 Å². The minimum atomic E-state index is -3.66. The molecule has 1 aromatic rings. The lowest BCUT2D eigenvalue weighted by atomic mass is 9.96. The molecule has 1 unspecified atom stereocenters. The molecule has 1 N–H and O–H groups in total. The van der Waals surface area contributed by atoms with E-state index < -0.39 is 16.0 Å². The number of rotatable bonds is 6. The van der Waals surface area contributed by atoms with Crippen LogP contribution in [0.3, 0.4) is 0 Å². The molecule has 0 aliphatic carbocycles. The van der Waals surface area contributed by atoms with Gasteiger partial charge in [0.25, 0.3) is 0 Å². The number of ether oxygens (including phenoxy) is 2. The molecule has 1 amide bonds. The molecule has 1 aromatic carbocycles. The largest absolute Gasteiger partial charge is 0.462 e. The Bertz CT molecular complexity index is 810. The quantitative estimate of drug-likeness (QED) is 0.696. The van der Waals surface area contributed by atoms with Gasteiger partial charge in [0.2, 0.25) is 15.9 Å². The van der Waals surface area contributed by atoms with Crippen molar-refractivity contribution in [1.82, 2.24) is 9.62 Å². The molecule has 0 aromatic heterocycles. The van der Waals surface area contributed by atoms with E-state index >= 15 is 0 Å². The zero-order valence-corrected chi connectivity index (χ0v) is 17.4. The topological polar surface area (TPSA) is 102 Å². The van der Waals surface area contributed by atoms with Crippen molar-refractivity contribution in [3.05, 3.63) is 29.8 Å². The molecule has 29 heavy (non-hydrogen) atoms. The first-order valence-electron chi connectivity index (χ1n) is 10.1. The molecule has 0 radical (unpaired) electrons. The van der Waals surface area contributed by atoms with Crippen molar-refractivity contribution < 1.29 is 27.5 Å². The zero-order chi connectivity index (χ0) is 20.9. The van der Waals surface area contributed by atoms with Gasteiger partial charge in [-0.1, -0.05) is 0 Å². The van der Waals surface area contributed by atoms with E-state index in [1.54, 1.807) is 6.92 Å². The molecule has 8 nitrogen and oxygen atoms in total. The second-order valence-corrected chi connectivity index (χ2v) is 9.28. The third-order valence-corrected chi connectivity index (χ3v) is 7.25. The van der Waals surface area contributed by atoms with Crippen LogP contribution in [0.4, 0.5) is 0 Å². The van der Waals surface area contributed by atoms with Crippen LogP contribution in [0.5, 0.6) is 0 Å². The lowest BCUT2D eigenvalue weighted by Gasteiger charge is -2.32. The first-order chi connectivity index (χ1) is 13.9. The Kier molecular flexibility index (Phi) is 7.26. The molecule has 2 fully saturated rings. The maximum Gasteiger partial charge on any atom is 0.338 e. The summed E-state index contributed by atoms with van der Waals surface area (Å²) in [5.74, 6) is -0.683. The Balaban J connectivity index is 1.56. The molecule has 160 valence electrons. The summed E-state index contributed by atoms with van der Waals surface area (Å²) in [4.78, 5) is 24.3. The molecule has 0 saturated carbocycles. The summed E-state index contributed by atoms with van der Waals surface area (Å²) < 4.78 is 37.5. The summed E-state index contributed by atoms with van der Waals surface area (Å²) in [5, 5.41) is 3.03.